The lowest BCUT2D eigenvalue weighted by Gasteiger charge is -2.32. The third kappa shape index (κ3) is 9.33. The highest BCUT2D eigenvalue weighted by atomic mass is 79.9. The van der Waals surface area contributed by atoms with Gasteiger partial charge in [-0.2, -0.15) is 0 Å². The third-order valence-electron chi connectivity index (χ3n) is 6.99. The van der Waals surface area contributed by atoms with Crippen LogP contribution in [0, 0.1) is 11.8 Å². The summed E-state index contributed by atoms with van der Waals surface area (Å²) in [6.45, 7) is 10.4. The average Bonchev–Trinajstić information content (AvgIpc) is 2.85. The van der Waals surface area contributed by atoms with Crippen LogP contribution < -0.4 is 10.6 Å². The van der Waals surface area contributed by atoms with Crippen LogP contribution in [-0.4, -0.2) is 76.2 Å². The quantitative estimate of drug-likeness (QED) is 0.299. The SMILES string of the molecule is C/C1=C\[C@H](C)C[C@H](C)OC(=O)[C@H]([C@@H](C)O)NC(=O)[C@@H](Cc2ccc(O)c(Br)c2)N(C)C(=O)[C@H](C)NC(=O)[C@@H](C)C1. The van der Waals surface area contributed by atoms with Crippen LogP contribution in [0.4, 0.5) is 0 Å². The number of nitrogens with one attached hydrogen (secondary N) is 2. The Bertz CT molecular complexity index is 1120. The fourth-order valence-electron chi connectivity index (χ4n) is 4.85. The van der Waals surface area contributed by atoms with Gasteiger partial charge in [-0.05, 0) is 80.1 Å². The highest BCUT2D eigenvalue weighted by Gasteiger charge is 2.35. The minimum atomic E-state index is -1.36. The van der Waals surface area contributed by atoms with Crippen molar-refractivity contribution in [2.24, 2.45) is 11.8 Å². The van der Waals surface area contributed by atoms with Gasteiger partial charge in [0.2, 0.25) is 17.7 Å². The monoisotopic (exact) mass is 623 g/mol. The molecule has 1 aliphatic heterocycles. The molecule has 2 rings (SSSR count). The number of aliphatic hydroxyl groups is 1. The number of benzene rings is 1. The van der Waals surface area contributed by atoms with Crippen LogP contribution in [0.5, 0.6) is 5.75 Å². The highest BCUT2D eigenvalue weighted by molar-refractivity contribution is 9.10. The Kier molecular flexibility index (Phi) is 12.2. The van der Waals surface area contributed by atoms with Crippen molar-refractivity contribution in [2.75, 3.05) is 7.05 Å². The van der Waals surface area contributed by atoms with E-state index in [4.69, 9.17) is 4.74 Å². The van der Waals surface area contributed by atoms with Crippen LogP contribution >= 0.6 is 15.9 Å². The minimum absolute atomic E-state index is 0.0123. The number of amides is 3. The molecule has 1 aromatic rings. The van der Waals surface area contributed by atoms with Gasteiger partial charge in [-0.3, -0.25) is 14.4 Å². The number of halogens is 1. The maximum Gasteiger partial charge on any atom is 0.331 e. The van der Waals surface area contributed by atoms with E-state index in [2.05, 4.69) is 26.6 Å². The van der Waals surface area contributed by atoms with E-state index in [0.717, 1.165) is 5.57 Å². The Labute approximate surface area is 244 Å². The number of phenolic OH excluding ortho intramolecular Hbond substituents is 1. The van der Waals surface area contributed by atoms with Gasteiger partial charge in [0.05, 0.1) is 16.7 Å². The first kappa shape index (κ1) is 33.3. The number of phenols is 1. The zero-order valence-corrected chi connectivity index (χ0v) is 25.8. The lowest BCUT2D eigenvalue weighted by atomic mass is 9.95. The van der Waals surface area contributed by atoms with Gasteiger partial charge >= 0.3 is 5.97 Å². The largest absolute Gasteiger partial charge is 0.507 e. The van der Waals surface area contributed by atoms with Gasteiger partial charge in [0.25, 0.3) is 0 Å². The Hall–Kier alpha value is -2.92. The second kappa shape index (κ2) is 14.6. The van der Waals surface area contributed by atoms with Gasteiger partial charge in [0.1, 0.15) is 17.8 Å². The first-order valence-electron chi connectivity index (χ1n) is 13.5. The molecule has 0 saturated carbocycles. The lowest BCUT2D eigenvalue weighted by Crippen LogP contribution is -2.58. The first-order chi connectivity index (χ1) is 18.6. The number of likely N-dealkylation sites (N-methyl/N-ethyl adjacent to an activating group) is 1. The summed E-state index contributed by atoms with van der Waals surface area (Å²) >= 11 is 3.26. The number of allylic oxidation sites excluding steroid dienone is 2. The maximum atomic E-state index is 13.6. The number of esters is 1. The molecule has 11 heteroatoms. The molecule has 7 atom stereocenters. The molecule has 0 aromatic heterocycles. The molecule has 40 heavy (non-hydrogen) atoms. The van der Waals surface area contributed by atoms with E-state index >= 15 is 0 Å². The van der Waals surface area contributed by atoms with Crippen molar-refractivity contribution in [3.63, 3.8) is 0 Å². The molecular formula is C29H42BrN3O7. The van der Waals surface area contributed by atoms with E-state index in [0.29, 0.717) is 22.9 Å². The summed E-state index contributed by atoms with van der Waals surface area (Å²) in [5.41, 5.74) is 1.62. The van der Waals surface area contributed by atoms with Crippen molar-refractivity contribution in [3.05, 3.63) is 39.9 Å². The molecule has 1 aromatic carbocycles. The smallest absolute Gasteiger partial charge is 0.331 e. The summed E-state index contributed by atoms with van der Waals surface area (Å²) < 4.78 is 6.00. The number of aromatic hydroxyl groups is 1. The van der Waals surface area contributed by atoms with Crippen LogP contribution in [0.15, 0.2) is 34.3 Å². The van der Waals surface area contributed by atoms with E-state index in [-0.39, 0.29) is 24.0 Å². The zero-order chi connectivity index (χ0) is 30.3. The van der Waals surface area contributed by atoms with Gasteiger partial charge in [-0.1, -0.05) is 31.6 Å². The summed E-state index contributed by atoms with van der Waals surface area (Å²) in [4.78, 5) is 54.2. The molecule has 10 nitrogen and oxygen atoms in total. The van der Waals surface area contributed by atoms with Gasteiger partial charge in [-0.15, -0.1) is 0 Å². The summed E-state index contributed by atoms with van der Waals surface area (Å²) in [6, 6.07) is 1.29. The van der Waals surface area contributed by atoms with Crippen molar-refractivity contribution in [2.45, 2.75) is 91.1 Å². The molecule has 1 heterocycles. The normalized spacial score (nSPS) is 30.2. The second-order valence-electron chi connectivity index (χ2n) is 11.0. The van der Waals surface area contributed by atoms with Gasteiger partial charge in [-0.25, -0.2) is 4.79 Å². The Morgan fingerprint density at radius 1 is 1.10 bits per heavy atom. The third-order valence-corrected chi connectivity index (χ3v) is 7.62. The van der Waals surface area contributed by atoms with Crippen molar-refractivity contribution in [3.8, 4) is 5.75 Å². The molecule has 3 amide bonds. The molecule has 0 spiro atoms. The Morgan fingerprint density at radius 2 is 1.75 bits per heavy atom. The predicted octanol–water partition coefficient (Wildman–Crippen LogP) is 2.84. The minimum Gasteiger partial charge on any atom is -0.507 e. The van der Waals surface area contributed by atoms with E-state index in [1.807, 2.05) is 19.9 Å². The molecule has 0 unspecified atom stereocenters. The summed E-state index contributed by atoms with van der Waals surface area (Å²) in [6.07, 6.45) is 1.30. The van der Waals surface area contributed by atoms with E-state index in [9.17, 15) is 29.4 Å². The van der Waals surface area contributed by atoms with Crippen LogP contribution in [-0.2, 0) is 30.3 Å². The van der Waals surface area contributed by atoms with Crippen LogP contribution in [0.1, 0.15) is 59.9 Å². The summed E-state index contributed by atoms with van der Waals surface area (Å²) in [5, 5.41) is 25.6. The number of cyclic esters (lactones) is 1. The number of aliphatic hydroxyl groups excluding tert-OH is 1. The standard InChI is InChI=1S/C29H42BrN3O7/c1-15-10-16(2)12-18(4)40-29(39)25(20(6)34)32-27(37)23(14-21-8-9-24(35)22(30)13-21)33(7)28(38)19(5)31-26(36)17(3)11-15/h8-10,13,16-20,23,25,34-35H,11-12,14H2,1-7H3,(H,31,36)(H,32,37)/b15-10+/t16-,17-,18-,19-,20+,23+,25-/m0/s1. The molecule has 0 aliphatic carbocycles. The van der Waals surface area contributed by atoms with E-state index < -0.39 is 54.0 Å². The van der Waals surface area contributed by atoms with Crippen molar-refractivity contribution in [1.29, 1.82) is 0 Å². The molecule has 1 aliphatic rings. The maximum absolute atomic E-state index is 13.6. The fourth-order valence-corrected chi connectivity index (χ4v) is 5.28. The number of hydrogen-bond acceptors (Lipinski definition) is 7. The van der Waals surface area contributed by atoms with Gasteiger partial charge < -0.3 is 30.5 Å². The molecule has 222 valence electrons. The molecule has 4 N–H and O–H groups in total. The van der Waals surface area contributed by atoms with Crippen molar-refractivity contribution >= 4 is 39.6 Å². The highest BCUT2D eigenvalue weighted by Crippen LogP contribution is 2.25. The number of hydrogen-bond donors (Lipinski definition) is 4. The van der Waals surface area contributed by atoms with Crippen molar-refractivity contribution < 1.29 is 34.1 Å². The average molecular weight is 625 g/mol. The molecule has 0 saturated heterocycles. The number of ether oxygens (including phenoxy) is 1. The molecule has 0 fully saturated rings. The van der Waals surface area contributed by atoms with E-state index in [1.165, 1.54) is 24.9 Å². The number of carbonyl (C=O) groups is 4. The van der Waals surface area contributed by atoms with Gasteiger partial charge in [0, 0.05) is 19.4 Å². The topological polar surface area (TPSA) is 145 Å². The zero-order valence-electron chi connectivity index (χ0n) is 24.2. The Morgan fingerprint density at radius 3 is 2.35 bits per heavy atom. The second-order valence-corrected chi connectivity index (χ2v) is 11.8. The van der Waals surface area contributed by atoms with Crippen molar-refractivity contribution in [1.82, 2.24) is 15.5 Å². The number of nitrogens with zero attached hydrogens (tertiary/aromatic N) is 1. The number of carbonyl (C=O) groups excluding carboxylic acids is 4. The van der Waals surface area contributed by atoms with E-state index in [1.54, 1.807) is 32.9 Å². The molecular weight excluding hydrogens is 582 g/mol. The Balaban J connectivity index is 2.48. The van der Waals surface area contributed by atoms with Gasteiger partial charge in [0.15, 0.2) is 6.04 Å². The summed E-state index contributed by atoms with van der Waals surface area (Å²) in [7, 11) is 1.44. The molecule has 0 radical (unpaired) electrons. The predicted molar refractivity (Wildman–Crippen MR) is 154 cm³/mol. The first-order valence-corrected chi connectivity index (χ1v) is 14.3. The molecule has 0 bridgehead atoms. The van der Waals surface area contributed by atoms with Crippen LogP contribution in [0.25, 0.3) is 0 Å². The number of rotatable bonds is 3. The van der Waals surface area contributed by atoms with Crippen LogP contribution in [0.2, 0.25) is 0 Å². The summed E-state index contributed by atoms with van der Waals surface area (Å²) in [5.74, 6) is -2.59. The lowest BCUT2D eigenvalue weighted by molar-refractivity contribution is -0.156. The fraction of sp³-hybridized carbons (Fsp3) is 0.586. The van der Waals surface area contributed by atoms with Crippen LogP contribution in [0.3, 0.4) is 0 Å².